The third-order valence-corrected chi connectivity index (χ3v) is 13.1. The Hall–Kier alpha value is 0.644. The van der Waals surface area contributed by atoms with Crippen molar-refractivity contribution in [3.8, 4) is 0 Å². The molecule has 0 amide bonds. The maximum atomic E-state index is 6.69. The van der Waals surface area contributed by atoms with Crippen molar-refractivity contribution in [3.05, 3.63) is 0 Å². The molecule has 0 aromatic carbocycles. The standard InChI is InChI=1S/C12H30ClNOSi2/c1-9-14(10-2)11-17(8,13)15-16(6,7)12(3,4)5/h9-11H2,1-8H3. The van der Waals surface area contributed by atoms with Crippen LogP contribution in [0.1, 0.15) is 34.6 Å². The van der Waals surface area contributed by atoms with Crippen molar-refractivity contribution in [2.24, 2.45) is 0 Å². The number of halogens is 1. The first kappa shape index (κ1) is 17.6. The molecule has 5 heteroatoms. The van der Waals surface area contributed by atoms with Crippen LogP contribution in [0.2, 0.25) is 24.7 Å². The zero-order valence-electron chi connectivity index (χ0n) is 12.9. The Morgan fingerprint density at radius 3 is 1.76 bits per heavy atom. The van der Waals surface area contributed by atoms with E-state index in [9.17, 15) is 0 Å². The molecule has 0 aliphatic carbocycles. The van der Waals surface area contributed by atoms with Crippen molar-refractivity contribution < 1.29 is 4.12 Å². The van der Waals surface area contributed by atoms with Gasteiger partial charge in [-0.15, -0.1) is 11.1 Å². The Morgan fingerprint density at radius 1 is 1.06 bits per heavy atom. The lowest BCUT2D eigenvalue weighted by Gasteiger charge is -2.42. The average molecular weight is 296 g/mol. The molecule has 0 fully saturated rings. The van der Waals surface area contributed by atoms with Crippen LogP contribution in [0.3, 0.4) is 0 Å². The number of nitrogens with zero attached hydrogens (tertiary/aromatic N) is 1. The molecule has 0 rings (SSSR count). The van der Waals surface area contributed by atoms with E-state index in [1.807, 2.05) is 0 Å². The van der Waals surface area contributed by atoms with Crippen LogP contribution in [0.5, 0.6) is 0 Å². The molecule has 0 saturated carbocycles. The molecule has 17 heavy (non-hydrogen) atoms. The zero-order valence-corrected chi connectivity index (χ0v) is 15.6. The highest BCUT2D eigenvalue weighted by atomic mass is 35.6. The lowest BCUT2D eigenvalue weighted by molar-refractivity contribution is 0.332. The molecule has 0 aromatic heterocycles. The van der Waals surface area contributed by atoms with Crippen LogP contribution in [-0.2, 0) is 4.12 Å². The van der Waals surface area contributed by atoms with Gasteiger partial charge in [0.05, 0.1) is 0 Å². The largest absolute Gasteiger partial charge is 0.444 e. The van der Waals surface area contributed by atoms with Crippen molar-refractivity contribution in [1.29, 1.82) is 0 Å². The molecule has 0 bridgehead atoms. The van der Waals surface area contributed by atoms with Gasteiger partial charge in [0.1, 0.15) is 0 Å². The van der Waals surface area contributed by atoms with Gasteiger partial charge in [0.15, 0.2) is 8.32 Å². The van der Waals surface area contributed by atoms with Crippen LogP contribution in [0, 0.1) is 0 Å². The van der Waals surface area contributed by atoms with Crippen molar-refractivity contribution in [1.82, 2.24) is 4.90 Å². The molecule has 0 aliphatic rings. The highest BCUT2D eigenvalue weighted by Gasteiger charge is 2.43. The van der Waals surface area contributed by atoms with Crippen LogP contribution in [0.25, 0.3) is 0 Å². The lowest BCUT2D eigenvalue weighted by Crippen LogP contribution is -2.53. The molecule has 1 atom stereocenters. The second-order valence-electron chi connectivity index (χ2n) is 6.43. The smallest absolute Gasteiger partial charge is 0.291 e. The summed E-state index contributed by atoms with van der Waals surface area (Å²) >= 11 is 6.69. The monoisotopic (exact) mass is 295 g/mol. The molecule has 0 N–H and O–H groups in total. The maximum absolute atomic E-state index is 6.69. The number of hydrogen-bond donors (Lipinski definition) is 0. The second kappa shape index (κ2) is 6.19. The Balaban J connectivity index is 4.64. The molecule has 104 valence electrons. The van der Waals surface area contributed by atoms with Crippen molar-refractivity contribution >= 4 is 27.0 Å². The molecule has 1 unspecified atom stereocenters. The van der Waals surface area contributed by atoms with Gasteiger partial charge in [-0.1, -0.05) is 34.6 Å². The van der Waals surface area contributed by atoms with Gasteiger partial charge >= 0.3 is 0 Å². The molecule has 0 radical (unpaired) electrons. The van der Waals surface area contributed by atoms with Crippen LogP contribution in [0.4, 0.5) is 0 Å². The van der Waals surface area contributed by atoms with Crippen LogP contribution >= 0.6 is 11.1 Å². The van der Waals surface area contributed by atoms with Crippen LogP contribution < -0.4 is 0 Å². The van der Waals surface area contributed by atoms with Crippen molar-refractivity contribution in [3.63, 3.8) is 0 Å². The van der Waals surface area contributed by atoms with E-state index in [4.69, 9.17) is 15.2 Å². The first-order valence-electron chi connectivity index (χ1n) is 6.56. The minimum absolute atomic E-state index is 0.236. The first-order chi connectivity index (χ1) is 7.45. The summed E-state index contributed by atoms with van der Waals surface area (Å²) in [5, 5.41) is 0.236. The Morgan fingerprint density at radius 2 is 1.47 bits per heavy atom. The fourth-order valence-electron chi connectivity index (χ4n) is 1.56. The Kier molecular flexibility index (Phi) is 6.43. The second-order valence-corrected chi connectivity index (χ2v) is 16.7. The molecular formula is C12H30ClNOSi2. The van der Waals surface area contributed by atoms with Crippen LogP contribution in [-0.4, -0.2) is 40.1 Å². The van der Waals surface area contributed by atoms with Gasteiger partial charge in [0, 0.05) is 6.17 Å². The Labute approximate surface area is 115 Å². The van der Waals surface area contributed by atoms with E-state index in [0.717, 1.165) is 19.3 Å². The van der Waals surface area contributed by atoms with Gasteiger partial charge < -0.3 is 9.02 Å². The topological polar surface area (TPSA) is 12.5 Å². The summed E-state index contributed by atoms with van der Waals surface area (Å²) < 4.78 is 6.43. The van der Waals surface area contributed by atoms with Gasteiger partial charge in [0.2, 0.25) is 0 Å². The minimum atomic E-state index is -2.09. The van der Waals surface area contributed by atoms with Crippen molar-refractivity contribution in [2.45, 2.75) is 59.3 Å². The molecule has 0 aliphatic heterocycles. The van der Waals surface area contributed by atoms with E-state index in [-0.39, 0.29) is 5.04 Å². The number of hydrogen-bond acceptors (Lipinski definition) is 2. The number of rotatable bonds is 6. The normalized spacial score (nSPS) is 17.3. The van der Waals surface area contributed by atoms with Crippen LogP contribution in [0.15, 0.2) is 0 Å². The Bertz CT molecular complexity index is 235. The summed E-state index contributed by atoms with van der Waals surface area (Å²) in [6.45, 7) is 19.9. The highest BCUT2D eigenvalue weighted by Crippen LogP contribution is 2.39. The highest BCUT2D eigenvalue weighted by molar-refractivity contribution is 7.18. The molecule has 0 spiro atoms. The SMILES string of the molecule is CCN(CC)C[Si](C)(Cl)O[Si](C)(C)C(C)(C)C. The van der Waals surface area contributed by atoms with Crippen molar-refractivity contribution in [2.75, 3.05) is 19.3 Å². The van der Waals surface area contributed by atoms with E-state index in [2.05, 4.69) is 59.2 Å². The van der Waals surface area contributed by atoms with E-state index in [0.29, 0.717) is 0 Å². The summed E-state index contributed by atoms with van der Waals surface area (Å²) in [5.74, 6) is 0. The van der Waals surface area contributed by atoms with Gasteiger partial charge in [-0.25, -0.2) is 0 Å². The molecular weight excluding hydrogens is 266 g/mol. The summed E-state index contributed by atoms with van der Waals surface area (Å²) in [4.78, 5) is 2.37. The molecule has 0 heterocycles. The fourth-order valence-corrected chi connectivity index (χ4v) is 10.8. The zero-order chi connectivity index (χ0) is 13.9. The molecule has 0 aromatic rings. The summed E-state index contributed by atoms with van der Waals surface area (Å²) in [6, 6.07) is 0. The first-order valence-corrected chi connectivity index (χ1v) is 13.1. The van der Waals surface area contributed by atoms with E-state index in [1.165, 1.54) is 0 Å². The van der Waals surface area contributed by atoms with Gasteiger partial charge in [-0.05, 0) is 37.8 Å². The third kappa shape index (κ3) is 5.88. The van der Waals surface area contributed by atoms with E-state index >= 15 is 0 Å². The predicted molar refractivity (Wildman–Crippen MR) is 83.5 cm³/mol. The molecule has 2 nitrogen and oxygen atoms in total. The van der Waals surface area contributed by atoms with Gasteiger partial charge in [-0.2, -0.15) is 0 Å². The predicted octanol–water partition coefficient (Wildman–Crippen LogP) is 4.20. The third-order valence-electron chi connectivity index (χ3n) is 3.67. The summed E-state index contributed by atoms with van der Waals surface area (Å²) in [7, 11) is -3.82. The maximum Gasteiger partial charge on any atom is 0.291 e. The summed E-state index contributed by atoms with van der Waals surface area (Å²) in [5.41, 5.74) is 0. The fraction of sp³-hybridized carbons (Fsp3) is 1.00. The van der Waals surface area contributed by atoms with Gasteiger partial charge in [0.25, 0.3) is 7.63 Å². The average Bonchev–Trinajstić information content (AvgIpc) is 2.10. The van der Waals surface area contributed by atoms with E-state index < -0.39 is 15.9 Å². The van der Waals surface area contributed by atoms with Gasteiger partial charge in [-0.3, -0.25) is 0 Å². The summed E-state index contributed by atoms with van der Waals surface area (Å²) in [6.07, 6.45) is 0.925. The minimum Gasteiger partial charge on any atom is -0.444 e. The van der Waals surface area contributed by atoms with E-state index in [1.54, 1.807) is 0 Å². The quantitative estimate of drug-likeness (QED) is 0.538. The lowest BCUT2D eigenvalue weighted by atomic mass is 10.2. The molecule has 0 saturated heterocycles.